The molecule has 5 nitrogen and oxygen atoms in total. The van der Waals surface area contributed by atoms with Crippen LogP contribution in [-0.2, 0) is 14.3 Å². The van der Waals surface area contributed by atoms with Gasteiger partial charge in [0.25, 0.3) is 0 Å². The maximum absolute atomic E-state index is 11.6. The second kappa shape index (κ2) is 9.50. The number of hydrogen-bond acceptors (Lipinski definition) is 4. The van der Waals surface area contributed by atoms with Crippen LogP contribution >= 0.6 is 0 Å². The molecule has 0 aliphatic carbocycles. The summed E-state index contributed by atoms with van der Waals surface area (Å²) in [7, 11) is 1.50. The average Bonchev–Trinajstić information content (AvgIpc) is 2.38. The van der Waals surface area contributed by atoms with Crippen molar-refractivity contribution in [2.45, 2.75) is 39.2 Å². The van der Waals surface area contributed by atoms with Crippen molar-refractivity contribution in [2.24, 2.45) is 0 Å². The zero-order chi connectivity index (χ0) is 14.0. The largest absolute Gasteiger partial charge is 0.464 e. The number of ether oxygens (including phenoxy) is 2. The van der Waals surface area contributed by atoms with E-state index in [1.165, 1.54) is 18.0 Å². The van der Waals surface area contributed by atoms with Gasteiger partial charge in [0.05, 0.1) is 6.61 Å². The molecule has 0 radical (unpaired) electrons. The van der Waals surface area contributed by atoms with Crippen LogP contribution in [0.1, 0.15) is 33.1 Å². The molecule has 104 valence electrons. The molecular formula is C13H23NO4. The van der Waals surface area contributed by atoms with Crippen molar-refractivity contribution < 1.29 is 19.1 Å². The molecule has 0 rings (SSSR count). The lowest BCUT2D eigenvalue weighted by Crippen LogP contribution is -2.41. The fourth-order valence-corrected chi connectivity index (χ4v) is 1.19. The first-order valence-electron chi connectivity index (χ1n) is 6.21. The number of amides is 1. The summed E-state index contributed by atoms with van der Waals surface area (Å²) >= 11 is 0. The number of hydrogen-bond donors (Lipinski definition) is 0. The lowest BCUT2D eigenvalue weighted by atomic mass is 10.2. The van der Waals surface area contributed by atoms with E-state index in [4.69, 9.17) is 9.47 Å². The smallest absolute Gasteiger partial charge is 0.410 e. The first kappa shape index (κ1) is 16.5. The Morgan fingerprint density at radius 1 is 1.33 bits per heavy atom. The van der Waals surface area contributed by atoms with Gasteiger partial charge >= 0.3 is 12.1 Å². The summed E-state index contributed by atoms with van der Waals surface area (Å²) in [5.74, 6) is -0.413. The molecule has 0 aliphatic rings. The van der Waals surface area contributed by atoms with Crippen LogP contribution in [0.2, 0.25) is 0 Å². The summed E-state index contributed by atoms with van der Waals surface area (Å²) in [6, 6.07) is -0.649. The second-order valence-corrected chi connectivity index (χ2v) is 4.03. The van der Waals surface area contributed by atoms with Crippen LogP contribution in [0.25, 0.3) is 0 Å². The third-order valence-corrected chi connectivity index (χ3v) is 2.53. The second-order valence-electron chi connectivity index (χ2n) is 4.03. The maximum atomic E-state index is 11.6. The summed E-state index contributed by atoms with van der Waals surface area (Å²) in [6.07, 6.45) is 3.85. The molecule has 0 aromatic heterocycles. The summed E-state index contributed by atoms with van der Waals surface area (Å²) in [5.41, 5.74) is 0. The van der Waals surface area contributed by atoms with Crippen LogP contribution in [0.15, 0.2) is 12.7 Å². The number of carbonyl (C=O) groups is 2. The normalized spacial score (nSPS) is 11.5. The number of esters is 1. The SMILES string of the molecule is C=CCOC(=O)N(C)C(C)C(=O)OCCCCC. The van der Waals surface area contributed by atoms with Crippen molar-refractivity contribution in [3.63, 3.8) is 0 Å². The molecule has 1 amide bonds. The molecule has 0 spiro atoms. The fourth-order valence-electron chi connectivity index (χ4n) is 1.19. The van der Waals surface area contributed by atoms with Crippen molar-refractivity contribution >= 4 is 12.1 Å². The Morgan fingerprint density at radius 3 is 2.56 bits per heavy atom. The summed E-state index contributed by atoms with van der Waals surface area (Å²) in [4.78, 5) is 24.3. The van der Waals surface area contributed by atoms with E-state index in [0.29, 0.717) is 6.61 Å². The van der Waals surface area contributed by atoms with Gasteiger partial charge in [-0.05, 0) is 13.3 Å². The van der Waals surface area contributed by atoms with Crippen molar-refractivity contribution in [2.75, 3.05) is 20.3 Å². The van der Waals surface area contributed by atoms with E-state index in [9.17, 15) is 9.59 Å². The molecule has 0 fully saturated rings. The molecule has 0 aromatic carbocycles. The van der Waals surface area contributed by atoms with E-state index in [-0.39, 0.29) is 6.61 Å². The van der Waals surface area contributed by atoms with Crippen LogP contribution in [-0.4, -0.2) is 43.3 Å². The highest BCUT2D eigenvalue weighted by Gasteiger charge is 2.24. The van der Waals surface area contributed by atoms with Gasteiger partial charge in [0.1, 0.15) is 12.6 Å². The number of unbranched alkanes of at least 4 members (excludes halogenated alkanes) is 2. The quantitative estimate of drug-likeness (QED) is 0.380. The Bertz CT molecular complexity index is 278. The van der Waals surface area contributed by atoms with Crippen molar-refractivity contribution in [3.05, 3.63) is 12.7 Å². The number of likely N-dealkylation sites (N-methyl/N-ethyl adjacent to an activating group) is 1. The Morgan fingerprint density at radius 2 is 2.00 bits per heavy atom. The van der Waals surface area contributed by atoms with Crippen LogP contribution in [0.3, 0.4) is 0 Å². The predicted octanol–water partition coefficient (Wildman–Crippen LogP) is 2.36. The Hall–Kier alpha value is -1.52. The van der Waals surface area contributed by atoms with E-state index >= 15 is 0 Å². The fraction of sp³-hybridized carbons (Fsp3) is 0.692. The molecule has 5 heteroatoms. The third kappa shape index (κ3) is 6.27. The topological polar surface area (TPSA) is 55.8 Å². The highest BCUT2D eigenvalue weighted by Crippen LogP contribution is 2.03. The van der Waals surface area contributed by atoms with Gasteiger partial charge in [-0.15, -0.1) is 0 Å². The molecule has 0 aliphatic heterocycles. The highest BCUT2D eigenvalue weighted by molar-refractivity contribution is 5.80. The average molecular weight is 257 g/mol. The Balaban J connectivity index is 4.02. The molecule has 18 heavy (non-hydrogen) atoms. The maximum Gasteiger partial charge on any atom is 0.410 e. The van der Waals surface area contributed by atoms with Crippen molar-refractivity contribution in [1.82, 2.24) is 4.90 Å². The Labute approximate surface area is 109 Å². The van der Waals surface area contributed by atoms with Gasteiger partial charge in [0.2, 0.25) is 0 Å². The number of carbonyl (C=O) groups excluding carboxylic acids is 2. The van der Waals surface area contributed by atoms with Gasteiger partial charge in [0, 0.05) is 7.05 Å². The minimum absolute atomic E-state index is 0.126. The van der Waals surface area contributed by atoms with Gasteiger partial charge in [0.15, 0.2) is 0 Å². The molecule has 0 aromatic rings. The first-order chi connectivity index (χ1) is 8.54. The highest BCUT2D eigenvalue weighted by atomic mass is 16.6. The molecule has 1 atom stereocenters. The van der Waals surface area contributed by atoms with Gasteiger partial charge < -0.3 is 9.47 Å². The standard InChI is InChI=1S/C13H23NO4/c1-5-7-8-10-17-12(15)11(3)14(4)13(16)18-9-6-2/h6,11H,2,5,7-10H2,1,3-4H3. The van der Waals surface area contributed by atoms with Gasteiger partial charge in [-0.1, -0.05) is 32.4 Å². The molecule has 0 N–H and O–H groups in total. The summed E-state index contributed by atoms with van der Waals surface area (Å²) < 4.78 is 9.90. The van der Waals surface area contributed by atoms with E-state index in [0.717, 1.165) is 19.3 Å². The molecule has 0 bridgehead atoms. The van der Waals surface area contributed by atoms with Crippen molar-refractivity contribution in [1.29, 1.82) is 0 Å². The van der Waals surface area contributed by atoms with Crippen molar-refractivity contribution in [3.8, 4) is 0 Å². The van der Waals surface area contributed by atoms with E-state index in [2.05, 4.69) is 13.5 Å². The third-order valence-electron chi connectivity index (χ3n) is 2.53. The van der Waals surface area contributed by atoms with Gasteiger partial charge in [-0.25, -0.2) is 9.59 Å². The lowest BCUT2D eigenvalue weighted by molar-refractivity contribution is -0.148. The minimum Gasteiger partial charge on any atom is -0.464 e. The van der Waals surface area contributed by atoms with E-state index in [1.54, 1.807) is 6.92 Å². The zero-order valence-corrected chi connectivity index (χ0v) is 11.5. The van der Waals surface area contributed by atoms with E-state index in [1.807, 2.05) is 0 Å². The summed E-state index contributed by atoms with van der Waals surface area (Å²) in [5, 5.41) is 0. The number of rotatable bonds is 8. The van der Waals surface area contributed by atoms with E-state index < -0.39 is 18.1 Å². The van der Waals surface area contributed by atoms with Gasteiger partial charge in [-0.3, -0.25) is 4.90 Å². The summed E-state index contributed by atoms with van der Waals surface area (Å²) in [6.45, 7) is 7.65. The van der Waals surface area contributed by atoms with Crippen LogP contribution in [0, 0.1) is 0 Å². The molecule has 0 saturated carbocycles. The predicted molar refractivity (Wildman–Crippen MR) is 69.3 cm³/mol. The van der Waals surface area contributed by atoms with Crippen LogP contribution < -0.4 is 0 Å². The minimum atomic E-state index is -0.649. The van der Waals surface area contributed by atoms with Gasteiger partial charge in [-0.2, -0.15) is 0 Å². The zero-order valence-electron chi connectivity index (χ0n) is 11.5. The van der Waals surface area contributed by atoms with Crippen LogP contribution in [0.5, 0.6) is 0 Å². The molecule has 0 saturated heterocycles. The number of nitrogens with zero attached hydrogens (tertiary/aromatic N) is 1. The molecular weight excluding hydrogens is 234 g/mol. The Kier molecular flexibility index (Phi) is 8.70. The first-order valence-corrected chi connectivity index (χ1v) is 6.21. The van der Waals surface area contributed by atoms with Crippen LogP contribution in [0.4, 0.5) is 4.79 Å². The monoisotopic (exact) mass is 257 g/mol. The molecule has 1 unspecified atom stereocenters. The lowest BCUT2D eigenvalue weighted by Gasteiger charge is -2.22. The molecule has 0 heterocycles.